The number of anilines is 1. The number of hydrogen-bond acceptors (Lipinski definition) is 4. The summed E-state index contributed by atoms with van der Waals surface area (Å²) < 4.78 is 5.13. The molecule has 1 N–H and O–H groups in total. The SMILES string of the molecule is CONC(=O)C1CC(=O)N(c2cccc(OC)c2)C1. The molecule has 6 nitrogen and oxygen atoms in total. The number of methoxy groups -OCH3 is 1. The van der Waals surface area contributed by atoms with Gasteiger partial charge >= 0.3 is 0 Å². The summed E-state index contributed by atoms with van der Waals surface area (Å²) in [6, 6.07) is 7.20. The van der Waals surface area contributed by atoms with Crippen molar-refractivity contribution >= 4 is 17.5 Å². The zero-order valence-corrected chi connectivity index (χ0v) is 10.9. The van der Waals surface area contributed by atoms with Crippen molar-refractivity contribution < 1.29 is 19.2 Å². The first kappa shape index (κ1) is 13.4. The first-order valence-electron chi connectivity index (χ1n) is 5.93. The Balaban J connectivity index is 2.13. The molecule has 1 unspecified atom stereocenters. The van der Waals surface area contributed by atoms with Crippen molar-refractivity contribution in [3.05, 3.63) is 24.3 Å². The summed E-state index contributed by atoms with van der Waals surface area (Å²) >= 11 is 0. The summed E-state index contributed by atoms with van der Waals surface area (Å²) in [5, 5.41) is 0. The Morgan fingerprint density at radius 3 is 2.89 bits per heavy atom. The van der Waals surface area contributed by atoms with Gasteiger partial charge in [-0.25, -0.2) is 5.48 Å². The number of carbonyl (C=O) groups excluding carboxylic acids is 2. The summed E-state index contributed by atoms with van der Waals surface area (Å²) in [5.41, 5.74) is 2.99. The topological polar surface area (TPSA) is 67.9 Å². The number of hydrogen-bond donors (Lipinski definition) is 1. The van der Waals surface area contributed by atoms with Crippen LogP contribution >= 0.6 is 0 Å². The summed E-state index contributed by atoms with van der Waals surface area (Å²) in [5.74, 6) is -0.0699. The molecule has 1 aliphatic rings. The van der Waals surface area contributed by atoms with Crippen LogP contribution in [0.3, 0.4) is 0 Å². The fourth-order valence-corrected chi connectivity index (χ4v) is 2.10. The summed E-state index contributed by atoms with van der Waals surface area (Å²) in [4.78, 5) is 29.8. The third kappa shape index (κ3) is 2.85. The molecule has 1 aromatic rings. The molecule has 19 heavy (non-hydrogen) atoms. The van der Waals surface area contributed by atoms with Gasteiger partial charge in [0.05, 0.1) is 20.1 Å². The minimum atomic E-state index is -0.390. The molecule has 1 saturated heterocycles. The Kier molecular flexibility index (Phi) is 4.01. The summed E-state index contributed by atoms with van der Waals surface area (Å²) in [6.07, 6.45) is 0.187. The highest BCUT2D eigenvalue weighted by atomic mass is 16.6. The Morgan fingerprint density at radius 2 is 2.21 bits per heavy atom. The molecule has 1 heterocycles. The number of nitrogens with zero attached hydrogens (tertiary/aromatic N) is 1. The standard InChI is InChI=1S/C13H16N2O4/c1-18-11-5-3-4-10(7-11)15-8-9(6-12(15)16)13(17)14-19-2/h3-5,7,9H,6,8H2,1-2H3,(H,14,17). The predicted octanol–water partition coefficient (Wildman–Crippen LogP) is 0.726. The van der Waals surface area contributed by atoms with Gasteiger partial charge in [-0.2, -0.15) is 0 Å². The second-order valence-corrected chi connectivity index (χ2v) is 4.28. The van der Waals surface area contributed by atoms with E-state index in [1.165, 1.54) is 7.11 Å². The maximum absolute atomic E-state index is 12.0. The van der Waals surface area contributed by atoms with Crippen LogP contribution in [0.15, 0.2) is 24.3 Å². The zero-order valence-electron chi connectivity index (χ0n) is 10.9. The van der Waals surface area contributed by atoms with E-state index in [-0.39, 0.29) is 18.2 Å². The lowest BCUT2D eigenvalue weighted by atomic mass is 10.1. The maximum atomic E-state index is 12.0. The van der Waals surface area contributed by atoms with Crippen molar-refractivity contribution in [3.63, 3.8) is 0 Å². The smallest absolute Gasteiger partial charge is 0.248 e. The van der Waals surface area contributed by atoms with Gasteiger partial charge < -0.3 is 9.64 Å². The number of rotatable bonds is 4. The molecular weight excluding hydrogens is 248 g/mol. The molecule has 102 valence electrons. The number of ether oxygens (including phenoxy) is 1. The van der Waals surface area contributed by atoms with Crippen molar-refractivity contribution in [2.24, 2.45) is 5.92 Å². The van der Waals surface area contributed by atoms with Gasteiger partial charge in [0.25, 0.3) is 0 Å². The number of benzene rings is 1. The van der Waals surface area contributed by atoms with Crippen LogP contribution in [-0.2, 0) is 14.4 Å². The Bertz CT molecular complexity index is 489. The van der Waals surface area contributed by atoms with Gasteiger partial charge in [0, 0.05) is 24.7 Å². The zero-order chi connectivity index (χ0) is 13.8. The van der Waals surface area contributed by atoms with E-state index < -0.39 is 5.92 Å². The van der Waals surface area contributed by atoms with Crippen LogP contribution in [0.1, 0.15) is 6.42 Å². The molecule has 2 rings (SSSR count). The van der Waals surface area contributed by atoms with Gasteiger partial charge in [-0.05, 0) is 12.1 Å². The number of amides is 2. The number of hydroxylamine groups is 1. The van der Waals surface area contributed by atoms with E-state index in [9.17, 15) is 9.59 Å². The molecule has 0 bridgehead atoms. The van der Waals surface area contributed by atoms with E-state index in [0.717, 1.165) is 5.69 Å². The molecule has 0 aliphatic carbocycles. The molecule has 0 spiro atoms. The van der Waals surface area contributed by atoms with Crippen molar-refractivity contribution in [2.75, 3.05) is 25.7 Å². The monoisotopic (exact) mass is 264 g/mol. The summed E-state index contributed by atoms with van der Waals surface area (Å²) in [7, 11) is 2.94. The number of carbonyl (C=O) groups is 2. The average molecular weight is 264 g/mol. The quantitative estimate of drug-likeness (QED) is 0.814. The van der Waals surface area contributed by atoms with E-state index in [4.69, 9.17) is 4.74 Å². The average Bonchev–Trinajstić information content (AvgIpc) is 2.81. The first-order valence-corrected chi connectivity index (χ1v) is 5.93. The molecule has 1 fully saturated rings. The van der Waals surface area contributed by atoms with Crippen LogP contribution in [0, 0.1) is 5.92 Å². The predicted molar refractivity (Wildman–Crippen MR) is 68.6 cm³/mol. The van der Waals surface area contributed by atoms with Gasteiger partial charge in [-0.3, -0.25) is 14.4 Å². The lowest BCUT2D eigenvalue weighted by Crippen LogP contribution is -2.32. The highest BCUT2D eigenvalue weighted by molar-refractivity contribution is 6.00. The highest BCUT2D eigenvalue weighted by Gasteiger charge is 2.35. The van der Waals surface area contributed by atoms with E-state index in [0.29, 0.717) is 12.3 Å². The van der Waals surface area contributed by atoms with Gasteiger partial charge in [0.2, 0.25) is 11.8 Å². The maximum Gasteiger partial charge on any atom is 0.248 e. The minimum absolute atomic E-state index is 0.0792. The van der Waals surface area contributed by atoms with Gasteiger partial charge in [0.1, 0.15) is 5.75 Å². The van der Waals surface area contributed by atoms with E-state index in [1.807, 2.05) is 12.1 Å². The van der Waals surface area contributed by atoms with Crippen LogP contribution in [0.5, 0.6) is 5.75 Å². The fourth-order valence-electron chi connectivity index (χ4n) is 2.10. The Labute approximate surface area is 111 Å². The van der Waals surface area contributed by atoms with Crippen molar-refractivity contribution in [1.82, 2.24) is 5.48 Å². The van der Waals surface area contributed by atoms with Gasteiger partial charge in [-0.15, -0.1) is 0 Å². The van der Waals surface area contributed by atoms with Gasteiger partial charge in [-0.1, -0.05) is 6.07 Å². The third-order valence-electron chi connectivity index (χ3n) is 3.06. The van der Waals surface area contributed by atoms with E-state index in [1.54, 1.807) is 24.1 Å². The van der Waals surface area contributed by atoms with Gasteiger partial charge in [0.15, 0.2) is 0 Å². The highest BCUT2D eigenvalue weighted by Crippen LogP contribution is 2.27. The molecule has 6 heteroatoms. The van der Waals surface area contributed by atoms with Crippen LogP contribution in [-0.4, -0.2) is 32.6 Å². The Hall–Kier alpha value is -2.08. The molecule has 0 saturated carbocycles. The van der Waals surface area contributed by atoms with E-state index in [2.05, 4.69) is 10.3 Å². The lowest BCUT2D eigenvalue weighted by molar-refractivity contribution is -0.135. The number of nitrogens with one attached hydrogen (secondary N) is 1. The molecule has 1 aliphatic heterocycles. The van der Waals surface area contributed by atoms with E-state index >= 15 is 0 Å². The van der Waals surface area contributed by atoms with Crippen molar-refractivity contribution in [2.45, 2.75) is 6.42 Å². The molecule has 1 aromatic carbocycles. The second-order valence-electron chi connectivity index (χ2n) is 4.28. The molecular formula is C13H16N2O4. The van der Waals surface area contributed by atoms with Crippen molar-refractivity contribution in [1.29, 1.82) is 0 Å². The van der Waals surface area contributed by atoms with Crippen LogP contribution in [0.2, 0.25) is 0 Å². The molecule has 2 amide bonds. The minimum Gasteiger partial charge on any atom is -0.497 e. The van der Waals surface area contributed by atoms with Crippen LogP contribution < -0.4 is 15.1 Å². The van der Waals surface area contributed by atoms with Crippen LogP contribution in [0.25, 0.3) is 0 Å². The fraction of sp³-hybridized carbons (Fsp3) is 0.385. The molecule has 1 atom stereocenters. The lowest BCUT2D eigenvalue weighted by Gasteiger charge is -2.17. The van der Waals surface area contributed by atoms with Crippen molar-refractivity contribution in [3.8, 4) is 5.75 Å². The first-order chi connectivity index (χ1) is 9.15. The van der Waals surface area contributed by atoms with Crippen LogP contribution in [0.4, 0.5) is 5.69 Å². The molecule has 0 radical (unpaired) electrons. The Morgan fingerprint density at radius 1 is 1.42 bits per heavy atom. The largest absolute Gasteiger partial charge is 0.497 e. The third-order valence-corrected chi connectivity index (χ3v) is 3.06. The second kappa shape index (κ2) is 5.71. The summed E-state index contributed by atoms with van der Waals surface area (Å²) in [6.45, 7) is 0.348. The normalized spacial score (nSPS) is 18.5. The molecule has 0 aromatic heterocycles.